The van der Waals surface area contributed by atoms with Crippen LogP contribution in [0.4, 0.5) is 4.39 Å². The maximum atomic E-state index is 13.3. The molecule has 0 bridgehead atoms. The molecule has 3 nitrogen and oxygen atoms in total. The highest BCUT2D eigenvalue weighted by Crippen LogP contribution is 2.18. The van der Waals surface area contributed by atoms with Gasteiger partial charge in [0.1, 0.15) is 11.3 Å². The standard InChI is InChI=1S/C10H12FN3/c1-2-14-8-5-3-4-7(11)10(8)13-9(14)6-12/h3-5H,2,6,12H2,1H3. The first-order valence-corrected chi connectivity index (χ1v) is 4.61. The maximum Gasteiger partial charge on any atom is 0.151 e. The van der Waals surface area contributed by atoms with Crippen LogP contribution in [0.1, 0.15) is 12.7 Å². The highest BCUT2D eigenvalue weighted by atomic mass is 19.1. The van der Waals surface area contributed by atoms with Gasteiger partial charge >= 0.3 is 0 Å². The Morgan fingerprint density at radius 2 is 2.29 bits per heavy atom. The summed E-state index contributed by atoms with van der Waals surface area (Å²) in [6.45, 7) is 3.08. The Bertz CT molecular complexity index is 462. The van der Waals surface area contributed by atoms with Crippen molar-refractivity contribution in [2.24, 2.45) is 5.73 Å². The molecule has 14 heavy (non-hydrogen) atoms. The number of fused-ring (bicyclic) bond motifs is 1. The molecular weight excluding hydrogens is 181 g/mol. The van der Waals surface area contributed by atoms with Crippen LogP contribution in [0.3, 0.4) is 0 Å². The van der Waals surface area contributed by atoms with Crippen LogP contribution in [0.25, 0.3) is 11.0 Å². The normalized spacial score (nSPS) is 11.1. The topological polar surface area (TPSA) is 43.8 Å². The molecule has 0 unspecified atom stereocenters. The molecule has 1 aromatic carbocycles. The van der Waals surface area contributed by atoms with Crippen molar-refractivity contribution < 1.29 is 4.39 Å². The monoisotopic (exact) mass is 193 g/mol. The summed E-state index contributed by atoms with van der Waals surface area (Å²) in [5.74, 6) is 0.442. The van der Waals surface area contributed by atoms with Crippen molar-refractivity contribution in [2.45, 2.75) is 20.0 Å². The van der Waals surface area contributed by atoms with Gasteiger partial charge in [-0.1, -0.05) is 6.07 Å². The number of halogens is 1. The number of imidazole rings is 1. The van der Waals surface area contributed by atoms with Crippen molar-refractivity contribution >= 4 is 11.0 Å². The van der Waals surface area contributed by atoms with Crippen molar-refractivity contribution in [3.63, 3.8) is 0 Å². The summed E-state index contributed by atoms with van der Waals surface area (Å²) in [5, 5.41) is 0. The lowest BCUT2D eigenvalue weighted by atomic mass is 10.3. The summed E-state index contributed by atoms with van der Waals surface area (Å²) in [6.07, 6.45) is 0. The minimum absolute atomic E-state index is 0.288. The Kier molecular flexibility index (Phi) is 2.21. The largest absolute Gasteiger partial charge is 0.327 e. The molecule has 0 amide bonds. The first kappa shape index (κ1) is 9.15. The van der Waals surface area contributed by atoms with Gasteiger partial charge in [0.2, 0.25) is 0 Å². The fourth-order valence-corrected chi connectivity index (χ4v) is 1.67. The van der Waals surface area contributed by atoms with Crippen molar-refractivity contribution in [3.8, 4) is 0 Å². The molecule has 0 radical (unpaired) electrons. The fourth-order valence-electron chi connectivity index (χ4n) is 1.67. The van der Waals surface area contributed by atoms with E-state index >= 15 is 0 Å². The van der Waals surface area contributed by atoms with E-state index in [4.69, 9.17) is 5.73 Å². The van der Waals surface area contributed by atoms with Gasteiger partial charge in [-0.2, -0.15) is 0 Å². The van der Waals surface area contributed by atoms with Crippen LogP contribution < -0.4 is 5.73 Å². The van der Waals surface area contributed by atoms with Crippen LogP contribution in [0.15, 0.2) is 18.2 Å². The minimum Gasteiger partial charge on any atom is -0.327 e. The molecule has 2 N–H and O–H groups in total. The molecule has 0 saturated heterocycles. The van der Waals surface area contributed by atoms with Crippen molar-refractivity contribution in [3.05, 3.63) is 29.8 Å². The van der Waals surface area contributed by atoms with Gasteiger partial charge < -0.3 is 10.3 Å². The maximum absolute atomic E-state index is 13.3. The molecule has 0 aliphatic heterocycles. The van der Waals surface area contributed by atoms with E-state index in [0.29, 0.717) is 12.1 Å². The number of para-hydroxylation sites is 1. The second kappa shape index (κ2) is 3.38. The minimum atomic E-state index is -0.288. The lowest BCUT2D eigenvalue weighted by Gasteiger charge is -2.02. The van der Waals surface area contributed by atoms with E-state index in [-0.39, 0.29) is 5.82 Å². The molecule has 0 atom stereocenters. The molecule has 2 aromatic rings. The number of hydrogen-bond donors (Lipinski definition) is 1. The van der Waals surface area contributed by atoms with Crippen LogP contribution in [-0.2, 0) is 13.1 Å². The molecule has 0 aliphatic rings. The van der Waals surface area contributed by atoms with E-state index in [0.717, 1.165) is 17.9 Å². The summed E-state index contributed by atoms with van der Waals surface area (Å²) in [7, 11) is 0. The van der Waals surface area contributed by atoms with Crippen LogP contribution in [-0.4, -0.2) is 9.55 Å². The summed E-state index contributed by atoms with van der Waals surface area (Å²) >= 11 is 0. The molecule has 0 saturated carbocycles. The molecule has 1 heterocycles. The lowest BCUT2D eigenvalue weighted by molar-refractivity contribution is 0.637. The first-order chi connectivity index (χ1) is 6.77. The predicted octanol–water partition coefficient (Wildman–Crippen LogP) is 1.65. The number of aromatic nitrogens is 2. The Labute approximate surface area is 81.4 Å². The van der Waals surface area contributed by atoms with Gasteiger partial charge in [-0.05, 0) is 19.1 Å². The first-order valence-electron chi connectivity index (χ1n) is 4.61. The third-order valence-corrected chi connectivity index (χ3v) is 2.31. The van der Waals surface area contributed by atoms with E-state index in [2.05, 4.69) is 4.98 Å². The van der Waals surface area contributed by atoms with Crippen molar-refractivity contribution in [1.82, 2.24) is 9.55 Å². The molecule has 0 aliphatic carbocycles. The molecule has 74 valence electrons. The van der Waals surface area contributed by atoms with Crippen LogP contribution in [0.2, 0.25) is 0 Å². The van der Waals surface area contributed by atoms with Gasteiger partial charge in [-0.3, -0.25) is 0 Å². The zero-order valence-electron chi connectivity index (χ0n) is 8.00. The number of benzene rings is 1. The van der Waals surface area contributed by atoms with E-state index in [9.17, 15) is 4.39 Å². The van der Waals surface area contributed by atoms with Gasteiger partial charge in [0.25, 0.3) is 0 Å². The average molecular weight is 193 g/mol. The molecule has 4 heteroatoms. The van der Waals surface area contributed by atoms with Crippen LogP contribution >= 0.6 is 0 Å². The number of nitrogens with two attached hydrogens (primary N) is 1. The molecule has 2 rings (SSSR count). The van der Waals surface area contributed by atoms with Crippen molar-refractivity contribution in [1.29, 1.82) is 0 Å². The third kappa shape index (κ3) is 1.19. The van der Waals surface area contributed by atoms with E-state index < -0.39 is 0 Å². The number of nitrogens with zero attached hydrogens (tertiary/aromatic N) is 2. The Hall–Kier alpha value is -1.42. The molecule has 0 fully saturated rings. The summed E-state index contributed by atoms with van der Waals surface area (Å²) < 4.78 is 15.3. The number of aryl methyl sites for hydroxylation is 1. The van der Waals surface area contributed by atoms with Gasteiger partial charge in [-0.15, -0.1) is 0 Å². The van der Waals surface area contributed by atoms with Crippen LogP contribution in [0.5, 0.6) is 0 Å². The van der Waals surface area contributed by atoms with Gasteiger partial charge in [0, 0.05) is 6.54 Å². The fraction of sp³-hybridized carbons (Fsp3) is 0.300. The average Bonchev–Trinajstić information content (AvgIpc) is 2.57. The quantitative estimate of drug-likeness (QED) is 0.788. The smallest absolute Gasteiger partial charge is 0.151 e. The lowest BCUT2D eigenvalue weighted by Crippen LogP contribution is -2.06. The van der Waals surface area contributed by atoms with Crippen LogP contribution in [0, 0.1) is 5.82 Å². The highest BCUT2D eigenvalue weighted by molar-refractivity contribution is 5.76. The van der Waals surface area contributed by atoms with E-state index in [1.807, 2.05) is 17.6 Å². The van der Waals surface area contributed by atoms with E-state index in [1.54, 1.807) is 6.07 Å². The zero-order chi connectivity index (χ0) is 10.1. The van der Waals surface area contributed by atoms with Gasteiger partial charge in [0.05, 0.1) is 12.1 Å². The second-order valence-corrected chi connectivity index (χ2v) is 3.08. The summed E-state index contributed by atoms with van der Waals surface area (Å²) in [5.41, 5.74) is 6.76. The third-order valence-electron chi connectivity index (χ3n) is 2.31. The summed E-state index contributed by atoms with van der Waals surface area (Å²) in [6, 6.07) is 4.95. The number of rotatable bonds is 2. The Balaban J connectivity index is 2.79. The molecular formula is C10H12FN3. The van der Waals surface area contributed by atoms with E-state index in [1.165, 1.54) is 6.07 Å². The Morgan fingerprint density at radius 3 is 2.93 bits per heavy atom. The zero-order valence-corrected chi connectivity index (χ0v) is 8.00. The van der Waals surface area contributed by atoms with Gasteiger partial charge in [0.15, 0.2) is 5.82 Å². The Morgan fingerprint density at radius 1 is 1.50 bits per heavy atom. The van der Waals surface area contributed by atoms with Crippen molar-refractivity contribution in [2.75, 3.05) is 0 Å². The molecule has 1 aromatic heterocycles. The number of hydrogen-bond acceptors (Lipinski definition) is 2. The highest BCUT2D eigenvalue weighted by Gasteiger charge is 2.10. The predicted molar refractivity (Wildman–Crippen MR) is 53.3 cm³/mol. The summed E-state index contributed by atoms with van der Waals surface area (Å²) in [4.78, 5) is 4.16. The second-order valence-electron chi connectivity index (χ2n) is 3.08. The molecule has 0 spiro atoms. The van der Waals surface area contributed by atoms with Gasteiger partial charge in [-0.25, -0.2) is 9.37 Å². The SMILES string of the molecule is CCn1c(CN)nc2c(F)cccc21.